The van der Waals surface area contributed by atoms with Crippen molar-refractivity contribution in [2.24, 2.45) is 10.9 Å². The highest BCUT2D eigenvalue weighted by Crippen LogP contribution is 2.27. The lowest BCUT2D eigenvalue weighted by molar-refractivity contribution is -0.286. The van der Waals surface area contributed by atoms with Crippen LogP contribution in [0.25, 0.3) is 0 Å². The number of benzene rings is 2. The lowest BCUT2D eigenvalue weighted by atomic mass is 9.99. The molecule has 1 aliphatic rings. The summed E-state index contributed by atoms with van der Waals surface area (Å²) in [6, 6.07) is 11.3. The molecule has 0 spiro atoms. The van der Waals surface area contributed by atoms with Crippen LogP contribution in [0.4, 0.5) is 29.3 Å². The average molecular weight is 521 g/mol. The van der Waals surface area contributed by atoms with Gasteiger partial charge in [0.15, 0.2) is 0 Å². The first kappa shape index (κ1) is 27.0. The van der Waals surface area contributed by atoms with Crippen LogP contribution in [-0.2, 0) is 24.2 Å². The van der Waals surface area contributed by atoms with E-state index in [-0.39, 0.29) is 17.2 Å². The Kier molecular flexibility index (Phi) is 8.32. The Hall–Kier alpha value is -4.62. The molecule has 0 aromatic heterocycles. The largest absolute Gasteiger partial charge is 0.495 e. The molecule has 4 N–H and O–H groups in total. The zero-order chi connectivity index (χ0) is 27.2. The number of carbonyl (C=O) groups excluding carboxylic acids is 4. The first-order chi connectivity index (χ1) is 17.5. The van der Waals surface area contributed by atoms with Gasteiger partial charge < -0.3 is 21.4 Å². The van der Waals surface area contributed by atoms with E-state index < -0.39 is 36.1 Å². The number of alkyl halides is 3. The predicted molar refractivity (Wildman–Crippen MR) is 124 cm³/mol. The van der Waals surface area contributed by atoms with Crippen molar-refractivity contribution < 1.29 is 42.1 Å². The van der Waals surface area contributed by atoms with E-state index in [2.05, 4.69) is 25.5 Å². The number of hydrogen-bond donors (Lipinski definition) is 3. The van der Waals surface area contributed by atoms with Crippen LogP contribution < -0.4 is 21.4 Å². The normalized spacial score (nSPS) is 16.4. The quantitative estimate of drug-likeness (QED) is 0.229. The van der Waals surface area contributed by atoms with Gasteiger partial charge in [0, 0.05) is 17.9 Å². The summed E-state index contributed by atoms with van der Waals surface area (Å²) >= 11 is 0. The van der Waals surface area contributed by atoms with Crippen LogP contribution >= 0.6 is 0 Å². The van der Waals surface area contributed by atoms with Crippen LogP contribution in [0, 0.1) is 0 Å². The molecule has 1 saturated heterocycles. The number of nitrogens with two attached hydrogens (primary N) is 1. The maximum Gasteiger partial charge on any atom is 0.495 e. The molecule has 0 aliphatic carbocycles. The number of hydrazone groups is 1. The Labute approximate surface area is 208 Å². The van der Waals surface area contributed by atoms with Crippen LogP contribution in [0.1, 0.15) is 30.4 Å². The third-order valence-corrected chi connectivity index (χ3v) is 5.40. The zero-order valence-corrected chi connectivity index (χ0v) is 19.3. The number of amides is 3. The second-order valence-electron chi connectivity index (χ2n) is 7.88. The lowest BCUT2D eigenvalue weighted by Gasteiger charge is -2.19. The molecule has 1 heterocycles. The van der Waals surface area contributed by atoms with Gasteiger partial charge in [-0.2, -0.15) is 18.3 Å². The Bertz CT molecular complexity index is 1200. The molecule has 37 heavy (non-hydrogen) atoms. The Morgan fingerprint density at radius 2 is 1.81 bits per heavy atom. The fourth-order valence-corrected chi connectivity index (χ4v) is 3.53. The highest BCUT2D eigenvalue weighted by molar-refractivity contribution is 6.03. The van der Waals surface area contributed by atoms with Gasteiger partial charge in [-0.25, -0.2) is 24.2 Å². The summed E-state index contributed by atoms with van der Waals surface area (Å²) in [5.74, 6) is -0.398. The third-order valence-electron chi connectivity index (χ3n) is 5.40. The second kappa shape index (κ2) is 11.4. The SMILES string of the molecule is CC(C(=O)OOC(=O)C(F)(F)F)c1ccccc1NC(=O)N[C@H]1CCN(c2ccc(/C=N/N)cc2)C1=O. The molecule has 3 amide bonds. The van der Waals surface area contributed by atoms with Crippen molar-refractivity contribution in [2.75, 3.05) is 16.8 Å². The highest BCUT2D eigenvalue weighted by atomic mass is 19.4. The number of nitrogens with zero attached hydrogens (tertiary/aromatic N) is 2. The van der Waals surface area contributed by atoms with E-state index in [0.29, 0.717) is 18.7 Å². The van der Waals surface area contributed by atoms with Crippen molar-refractivity contribution in [3.63, 3.8) is 0 Å². The molecule has 1 unspecified atom stereocenters. The first-order valence-corrected chi connectivity index (χ1v) is 10.8. The van der Waals surface area contributed by atoms with Gasteiger partial charge in [0.25, 0.3) is 0 Å². The minimum Gasteiger partial charge on any atom is -0.326 e. The molecule has 3 rings (SSSR count). The van der Waals surface area contributed by atoms with E-state index in [0.717, 1.165) is 5.56 Å². The molecule has 2 aromatic carbocycles. The highest BCUT2D eigenvalue weighted by Gasteiger charge is 2.43. The summed E-state index contributed by atoms with van der Waals surface area (Å²) in [6.45, 7) is 1.65. The van der Waals surface area contributed by atoms with Gasteiger partial charge >= 0.3 is 24.1 Å². The summed E-state index contributed by atoms with van der Waals surface area (Å²) in [5, 5.41) is 8.52. The number of nitrogens with one attached hydrogen (secondary N) is 2. The molecular weight excluding hydrogens is 499 g/mol. The standard InChI is InChI=1S/C23H22F3N5O6/c1-13(20(33)36-37-21(34)23(24,25)26)16-4-2-3-5-17(16)29-22(35)30-18-10-11-31(19(18)32)15-8-6-14(7-9-15)12-28-27/h2-9,12-13,18H,10-11,27H2,1H3,(H2,29,30,35)/b28-12+/t13?,18-/m0/s1. The number of para-hydroxylation sites is 1. The topological polar surface area (TPSA) is 152 Å². The summed E-state index contributed by atoms with van der Waals surface area (Å²) in [4.78, 5) is 57.3. The Morgan fingerprint density at radius 1 is 1.14 bits per heavy atom. The Morgan fingerprint density at radius 3 is 2.46 bits per heavy atom. The van der Waals surface area contributed by atoms with Crippen molar-refractivity contribution in [2.45, 2.75) is 31.5 Å². The molecule has 14 heteroatoms. The van der Waals surface area contributed by atoms with Crippen LogP contribution in [0.5, 0.6) is 0 Å². The van der Waals surface area contributed by atoms with E-state index in [1.807, 2.05) is 0 Å². The lowest BCUT2D eigenvalue weighted by Crippen LogP contribution is -2.43. The van der Waals surface area contributed by atoms with Gasteiger partial charge in [-0.15, -0.1) is 0 Å². The van der Waals surface area contributed by atoms with Crippen molar-refractivity contribution >= 4 is 41.5 Å². The predicted octanol–water partition coefficient (Wildman–Crippen LogP) is 2.57. The maximum absolute atomic E-state index is 12.8. The van der Waals surface area contributed by atoms with E-state index in [9.17, 15) is 32.3 Å². The fraction of sp³-hybridized carbons (Fsp3) is 0.261. The van der Waals surface area contributed by atoms with Crippen molar-refractivity contribution in [1.82, 2.24) is 5.32 Å². The van der Waals surface area contributed by atoms with Crippen LogP contribution in [-0.4, -0.2) is 48.9 Å². The van der Waals surface area contributed by atoms with E-state index in [4.69, 9.17) is 5.84 Å². The van der Waals surface area contributed by atoms with Gasteiger partial charge in [0.2, 0.25) is 5.91 Å². The van der Waals surface area contributed by atoms with E-state index >= 15 is 0 Å². The van der Waals surface area contributed by atoms with Gasteiger partial charge in [-0.05, 0) is 42.7 Å². The van der Waals surface area contributed by atoms with Crippen LogP contribution in [0.3, 0.4) is 0 Å². The van der Waals surface area contributed by atoms with Gasteiger partial charge in [-0.3, -0.25) is 4.79 Å². The van der Waals surface area contributed by atoms with Gasteiger partial charge in [0.1, 0.15) is 6.04 Å². The van der Waals surface area contributed by atoms with Crippen molar-refractivity contribution in [3.05, 3.63) is 59.7 Å². The molecule has 0 bridgehead atoms. The fourth-order valence-electron chi connectivity index (χ4n) is 3.53. The Balaban J connectivity index is 1.61. The molecule has 11 nitrogen and oxygen atoms in total. The number of carbonyl (C=O) groups is 4. The minimum atomic E-state index is -5.34. The van der Waals surface area contributed by atoms with Crippen molar-refractivity contribution in [3.8, 4) is 0 Å². The molecule has 2 atom stereocenters. The summed E-state index contributed by atoms with van der Waals surface area (Å²) in [6.07, 6.45) is -3.54. The average Bonchev–Trinajstić information content (AvgIpc) is 3.21. The van der Waals surface area contributed by atoms with Crippen molar-refractivity contribution in [1.29, 1.82) is 0 Å². The molecular formula is C23H22F3N5O6. The maximum atomic E-state index is 12.8. The number of anilines is 2. The third kappa shape index (κ3) is 6.74. The zero-order valence-electron chi connectivity index (χ0n) is 19.3. The van der Waals surface area contributed by atoms with Gasteiger partial charge in [-0.1, -0.05) is 30.3 Å². The molecule has 0 radical (unpaired) electrons. The molecule has 1 fully saturated rings. The second-order valence-corrected chi connectivity index (χ2v) is 7.88. The molecule has 196 valence electrons. The molecule has 2 aromatic rings. The minimum absolute atomic E-state index is 0.131. The van der Waals surface area contributed by atoms with Gasteiger partial charge in [0.05, 0.1) is 12.1 Å². The monoisotopic (exact) mass is 521 g/mol. The molecule has 0 saturated carbocycles. The van der Waals surface area contributed by atoms with E-state index in [1.165, 1.54) is 36.2 Å². The number of rotatable bonds is 6. The van der Waals surface area contributed by atoms with Crippen LogP contribution in [0.15, 0.2) is 53.6 Å². The smallest absolute Gasteiger partial charge is 0.326 e. The first-order valence-electron chi connectivity index (χ1n) is 10.8. The summed E-state index contributed by atoms with van der Waals surface area (Å²) in [5.41, 5.74) is 1.69. The van der Waals surface area contributed by atoms with E-state index in [1.54, 1.807) is 30.3 Å². The van der Waals surface area contributed by atoms with Crippen LogP contribution in [0.2, 0.25) is 0 Å². The summed E-state index contributed by atoms with van der Waals surface area (Å²) in [7, 11) is 0. The molecule has 1 aliphatic heterocycles. The number of halogens is 3. The number of hydrogen-bond acceptors (Lipinski definition) is 8. The number of urea groups is 1. The summed E-state index contributed by atoms with van der Waals surface area (Å²) < 4.78 is 36.7.